The first kappa shape index (κ1) is 22.7. The summed E-state index contributed by atoms with van der Waals surface area (Å²) in [5, 5.41) is 12.8. The number of fused-ring (bicyclic) bond motifs is 1. The Bertz CT molecular complexity index is 1180. The van der Waals surface area contributed by atoms with Gasteiger partial charge in [0.25, 0.3) is 5.56 Å². The molecule has 0 aliphatic rings. The predicted molar refractivity (Wildman–Crippen MR) is 89.3 cm³/mol. The highest BCUT2D eigenvalue weighted by atomic mass is 19.4. The summed E-state index contributed by atoms with van der Waals surface area (Å²) in [6, 6.07) is 2.31. The Labute approximate surface area is 167 Å². The van der Waals surface area contributed by atoms with Crippen molar-refractivity contribution in [3.8, 4) is 11.1 Å². The van der Waals surface area contributed by atoms with Crippen LogP contribution in [0.25, 0.3) is 16.8 Å². The fourth-order valence-electron chi connectivity index (χ4n) is 2.75. The lowest BCUT2D eigenvalue weighted by atomic mass is 10.1. The van der Waals surface area contributed by atoms with Gasteiger partial charge >= 0.3 is 18.3 Å². The van der Waals surface area contributed by atoms with Crippen molar-refractivity contribution in [2.24, 2.45) is 0 Å². The molecule has 168 valence electrons. The largest absolute Gasteiger partial charge is 0.455 e. The minimum atomic E-state index is -5.90. The molecule has 6 nitrogen and oxygen atoms in total. The van der Waals surface area contributed by atoms with E-state index in [9.17, 15) is 45.0 Å². The Balaban J connectivity index is 2.18. The van der Waals surface area contributed by atoms with Crippen LogP contribution in [0.1, 0.15) is 24.3 Å². The van der Waals surface area contributed by atoms with Gasteiger partial charge < -0.3 is 5.11 Å². The van der Waals surface area contributed by atoms with Crippen molar-refractivity contribution in [3.05, 3.63) is 52.3 Å². The Hall–Kier alpha value is -3.03. The molecule has 0 spiro atoms. The van der Waals surface area contributed by atoms with Crippen LogP contribution >= 0.6 is 0 Å². The van der Waals surface area contributed by atoms with Gasteiger partial charge in [-0.15, -0.1) is 0 Å². The number of halogens is 8. The van der Waals surface area contributed by atoms with Crippen LogP contribution in [0.5, 0.6) is 0 Å². The number of hydrogen-bond acceptors (Lipinski definition) is 4. The third-order valence-electron chi connectivity index (χ3n) is 4.30. The number of rotatable bonds is 4. The van der Waals surface area contributed by atoms with Crippen molar-refractivity contribution in [3.63, 3.8) is 0 Å². The second-order valence-electron chi connectivity index (χ2n) is 6.63. The highest BCUT2D eigenvalue weighted by molar-refractivity contribution is 5.66. The zero-order chi connectivity index (χ0) is 23.4. The van der Waals surface area contributed by atoms with Crippen molar-refractivity contribution in [2.75, 3.05) is 0 Å². The van der Waals surface area contributed by atoms with E-state index in [1.165, 1.54) is 13.0 Å². The second kappa shape index (κ2) is 7.28. The molecule has 14 heteroatoms. The van der Waals surface area contributed by atoms with Crippen LogP contribution in [0.15, 0.2) is 35.5 Å². The smallest absolute Gasteiger partial charge is 0.389 e. The molecule has 0 saturated heterocycles. The number of nitrogens with zero attached hydrogens (tertiary/aromatic N) is 4. The van der Waals surface area contributed by atoms with Gasteiger partial charge in [-0.25, -0.2) is 4.98 Å². The van der Waals surface area contributed by atoms with E-state index in [-0.39, 0.29) is 10.2 Å². The lowest BCUT2D eigenvalue weighted by molar-refractivity contribution is -0.287. The topological polar surface area (TPSA) is 72.4 Å². The minimum Gasteiger partial charge on any atom is -0.389 e. The lowest BCUT2D eigenvalue weighted by Crippen LogP contribution is -2.40. The summed E-state index contributed by atoms with van der Waals surface area (Å²) in [5.74, 6) is -5.20. The molecule has 0 aliphatic carbocycles. The molecular formula is C17H12F8N4O2. The van der Waals surface area contributed by atoms with Gasteiger partial charge in [-0.3, -0.25) is 13.9 Å². The van der Waals surface area contributed by atoms with Crippen LogP contribution < -0.4 is 5.56 Å². The van der Waals surface area contributed by atoms with E-state index in [2.05, 4.69) is 10.1 Å². The molecule has 0 fully saturated rings. The highest BCUT2D eigenvalue weighted by Crippen LogP contribution is 2.37. The van der Waals surface area contributed by atoms with Crippen molar-refractivity contribution < 1.29 is 40.2 Å². The van der Waals surface area contributed by atoms with Gasteiger partial charge in [-0.2, -0.15) is 40.2 Å². The van der Waals surface area contributed by atoms with Crippen LogP contribution in [0.4, 0.5) is 35.1 Å². The summed E-state index contributed by atoms with van der Waals surface area (Å²) in [4.78, 5) is 16.1. The van der Waals surface area contributed by atoms with Crippen LogP contribution in [0, 0.1) is 0 Å². The molecule has 0 aliphatic heterocycles. The first-order valence-corrected chi connectivity index (χ1v) is 8.41. The Morgan fingerprint density at radius 3 is 2.32 bits per heavy atom. The second-order valence-corrected chi connectivity index (χ2v) is 6.63. The number of hydrogen-bond donors (Lipinski definition) is 1. The summed E-state index contributed by atoms with van der Waals surface area (Å²) < 4.78 is 105. The van der Waals surface area contributed by atoms with E-state index >= 15 is 0 Å². The third kappa shape index (κ3) is 4.24. The van der Waals surface area contributed by atoms with Gasteiger partial charge in [0.2, 0.25) is 0 Å². The average molecular weight is 456 g/mol. The van der Waals surface area contributed by atoms with Crippen LogP contribution in [-0.2, 0) is 12.7 Å². The summed E-state index contributed by atoms with van der Waals surface area (Å²) in [6.07, 6.45) is -10.0. The molecule has 31 heavy (non-hydrogen) atoms. The Morgan fingerprint density at radius 2 is 1.77 bits per heavy atom. The molecular weight excluding hydrogens is 444 g/mol. The van der Waals surface area contributed by atoms with Crippen molar-refractivity contribution in [1.29, 1.82) is 0 Å². The minimum absolute atomic E-state index is 0.0911. The lowest BCUT2D eigenvalue weighted by Gasteiger charge is -2.19. The van der Waals surface area contributed by atoms with E-state index in [0.717, 1.165) is 16.7 Å². The predicted octanol–water partition coefficient (Wildman–Crippen LogP) is 3.83. The van der Waals surface area contributed by atoms with E-state index in [0.29, 0.717) is 12.4 Å². The number of aliphatic hydroxyl groups excluding tert-OH is 1. The fourth-order valence-corrected chi connectivity index (χ4v) is 2.75. The molecule has 3 aromatic rings. The molecule has 0 radical (unpaired) electrons. The van der Waals surface area contributed by atoms with Gasteiger partial charge in [0.15, 0.2) is 5.69 Å². The van der Waals surface area contributed by atoms with Crippen LogP contribution in [-0.4, -0.2) is 36.4 Å². The Kier molecular flexibility index (Phi) is 5.32. The van der Waals surface area contributed by atoms with Gasteiger partial charge in [0, 0.05) is 18.0 Å². The van der Waals surface area contributed by atoms with E-state index < -0.39 is 59.0 Å². The van der Waals surface area contributed by atoms with Crippen molar-refractivity contribution >= 4 is 5.65 Å². The van der Waals surface area contributed by atoms with Crippen molar-refractivity contribution in [1.82, 2.24) is 19.2 Å². The molecule has 0 amide bonds. The molecule has 0 saturated carbocycles. The van der Waals surface area contributed by atoms with E-state index in [1.807, 2.05) is 0 Å². The molecule has 0 unspecified atom stereocenters. The SMILES string of the molecule is C[C@H](O)c1ccn2c(=O)c(-c3cnn(CC(F)(F)C(F)(F)F)c3)c(C(F)(F)F)nc2c1. The van der Waals surface area contributed by atoms with Gasteiger partial charge in [0.05, 0.1) is 17.9 Å². The van der Waals surface area contributed by atoms with Crippen LogP contribution in [0.3, 0.4) is 0 Å². The quantitative estimate of drug-likeness (QED) is 0.606. The first-order chi connectivity index (χ1) is 14.1. The maximum Gasteiger partial charge on any atom is 0.455 e. The number of pyridine rings is 1. The van der Waals surface area contributed by atoms with E-state index in [1.54, 1.807) is 0 Å². The summed E-state index contributed by atoms with van der Waals surface area (Å²) in [7, 11) is 0. The standard InChI is InChI=1S/C17H12F8N4O2/c1-8(30)9-2-3-29-11(4-9)27-13(16(20,21)22)12(14(29)31)10-5-26-28(6-10)7-15(18,19)17(23,24)25/h2-6,8,30H,7H2,1H3/t8-/m0/s1. The molecule has 3 heterocycles. The highest BCUT2D eigenvalue weighted by Gasteiger charge is 2.57. The van der Waals surface area contributed by atoms with Crippen LogP contribution in [0.2, 0.25) is 0 Å². The van der Waals surface area contributed by atoms with Gasteiger partial charge in [-0.05, 0) is 24.6 Å². The number of alkyl halides is 8. The zero-order valence-electron chi connectivity index (χ0n) is 15.3. The van der Waals surface area contributed by atoms with Gasteiger partial charge in [0.1, 0.15) is 12.2 Å². The molecule has 0 bridgehead atoms. The van der Waals surface area contributed by atoms with Gasteiger partial charge in [-0.1, -0.05) is 0 Å². The molecule has 1 N–H and O–H groups in total. The summed E-state index contributed by atoms with van der Waals surface area (Å²) in [6.45, 7) is -0.647. The monoisotopic (exact) mass is 456 g/mol. The Morgan fingerprint density at radius 1 is 1.13 bits per heavy atom. The third-order valence-corrected chi connectivity index (χ3v) is 4.30. The zero-order valence-corrected chi connectivity index (χ0v) is 15.3. The molecule has 3 rings (SSSR count). The molecule has 1 atom stereocenters. The molecule has 3 aromatic heterocycles. The number of aromatic nitrogens is 4. The maximum absolute atomic E-state index is 13.6. The maximum atomic E-state index is 13.6. The summed E-state index contributed by atoms with van der Waals surface area (Å²) in [5.41, 5.74) is -4.92. The van der Waals surface area contributed by atoms with E-state index in [4.69, 9.17) is 0 Å². The first-order valence-electron chi connectivity index (χ1n) is 8.41. The average Bonchev–Trinajstić information content (AvgIpc) is 3.06. The van der Waals surface area contributed by atoms with Crippen molar-refractivity contribution in [2.45, 2.75) is 37.8 Å². The molecule has 0 aromatic carbocycles. The normalized spacial score (nSPS) is 14.3. The summed E-state index contributed by atoms with van der Waals surface area (Å²) >= 11 is 0. The fraction of sp³-hybridized carbons (Fsp3) is 0.353. The number of aliphatic hydroxyl groups is 1.